The lowest BCUT2D eigenvalue weighted by Crippen LogP contribution is -2.11. The zero-order valence-corrected chi connectivity index (χ0v) is 9.80. The fourth-order valence-corrected chi connectivity index (χ4v) is 1.51. The van der Waals surface area contributed by atoms with E-state index in [1.807, 2.05) is 13.8 Å². The number of benzene rings is 1. The molecule has 17 heavy (non-hydrogen) atoms. The maximum absolute atomic E-state index is 13.3. The fourth-order valence-electron chi connectivity index (χ4n) is 1.51. The summed E-state index contributed by atoms with van der Waals surface area (Å²) in [4.78, 5) is 4.09. The average Bonchev–Trinajstić information content (AvgIpc) is 2.76. The Hall–Kier alpha value is -1.91. The van der Waals surface area contributed by atoms with Crippen LogP contribution in [0.4, 0.5) is 4.39 Å². The lowest BCUT2D eigenvalue weighted by Gasteiger charge is -2.10. The molecule has 2 rings (SSSR count). The summed E-state index contributed by atoms with van der Waals surface area (Å²) in [5.41, 5.74) is 0. The van der Waals surface area contributed by atoms with Gasteiger partial charge in [-0.1, -0.05) is 12.1 Å². The first-order chi connectivity index (χ1) is 8.18. The molecule has 1 aromatic heterocycles. The van der Waals surface area contributed by atoms with E-state index in [1.165, 1.54) is 12.4 Å². The molecule has 0 amide bonds. The van der Waals surface area contributed by atoms with Gasteiger partial charge in [0.05, 0.1) is 0 Å². The van der Waals surface area contributed by atoms with Gasteiger partial charge in [0.1, 0.15) is 12.9 Å². The van der Waals surface area contributed by atoms with Crippen molar-refractivity contribution in [3.63, 3.8) is 0 Å². The summed E-state index contributed by atoms with van der Waals surface area (Å²) in [6.07, 6.45) is 1.47. The predicted molar refractivity (Wildman–Crippen MR) is 61.1 cm³/mol. The van der Waals surface area contributed by atoms with Crippen molar-refractivity contribution in [3.05, 3.63) is 42.2 Å². The first kappa shape index (κ1) is 11.6. The zero-order valence-electron chi connectivity index (χ0n) is 9.80. The lowest BCUT2D eigenvalue weighted by molar-refractivity contribution is 0.269. The molecule has 90 valence electrons. The second-order valence-corrected chi connectivity index (χ2v) is 3.93. The number of hydrogen-bond acceptors (Lipinski definition) is 3. The highest BCUT2D eigenvalue weighted by Crippen LogP contribution is 2.17. The molecule has 0 spiro atoms. The van der Waals surface area contributed by atoms with Gasteiger partial charge in [0, 0.05) is 6.04 Å². The molecule has 4 nitrogen and oxygen atoms in total. The van der Waals surface area contributed by atoms with E-state index < -0.39 is 0 Å². The monoisotopic (exact) mass is 235 g/mol. The number of halogens is 1. The van der Waals surface area contributed by atoms with Gasteiger partial charge in [0.25, 0.3) is 0 Å². The molecular formula is C12H14FN3O. The summed E-state index contributed by atoms with van der Waals surface area (Å²) >= 11 is 0. The summed E-state index contributed by atoms with van der Waals surface area (Å²) < 4.78 is 20.4. The number of nitrogens with zero attached hydrogens (tertiary/aromatic N) is 3. The van der Waals surface area contributed by atoms with E-state index >= 15 is 0 Å². The van der Waals surface area contributed by atoms with Gasteiger partial charge >= 0.3 is 0 Å². The molecule has 0 atom stereocenters. The van der Waals surface area contributed by atoms with E-state index in [-0.39, 0.29) is 24.2 Å². The largest absolute Gasteiger partial charge is 0.483 e. The van der Waals surface area contributed by atoms with E-state index in [9.17, 15) is 4.39 Å². The number of aromatic nitrogens is 3. The maximum atomic E-state index is 13.3. The Morgan fingerprint density at radius 3 is 2.82 bits per heavy atom. The number of rotatable bonds is 4. The second kappa shape index (κ2) is 4.95. The molecule has 0 unspecified atom stereocenters. The normalized spacial score (nSPS) is 10.8. The van der Waals surface area contributed by atoms with E-state index in [0.29, 0.717) is 5.82 Å². The summed E-state index contributed by atoms with van der Waals surface area (Å²) in [5.74, 6) is 0.539. The molecule has 0 aliphatic carbocycles. The molecule has 0 saturated carbocycles. The molecule has 0 aliphatic rings. The van der Waals surface area contributed by atoms with Crippen LogP contribution < -0.4 is 4.74 Å². The first-order valence-corrected chi connectivity index (χ1v) is 5.44. The van der Waals surface area contributed by atoms with Crippen molar-refractivity contribution >= 4 is 0 Å². The fraction of sp³-hybridized carbons (Fsp3) is 0.333. The topological polar surface area (TPSA) is 39.9 Å². The molecule has 0 fully saturated rings. The zero-order chi connectivity index (χ0) is 12.3. The van der Waals surface area contributed by atoms with Crippen LogP contribution in [0.1, 0.15) is 25.7 Å². The van der Waals surface area contributed by atoms with Crippen LogP contribution >= 0.6 is 0 Å². The van der Waals surface area contributed by atoms with Crippen molar-refractivity contribution in [1.82, 2.24) is 14.8 Å². The Kier molecular flexibility index (Phi) is 3.37. The minimum atomic E-state index is -0.372. The van der Waals surface area contributed by atoms with Crippen molar-refractivity contribution in [1.29, 1.82) is 0 Å². The van der Waals surface area contributed by atoms with E-state index in [4.69, 9.17) is 4.74 Å². The Morgan fingerprint density at radius 2 is 2.12 bits per heavy atom. The third kappa shape index (κ3) is 2.61. The smallest absolute Gasteiger partial charge is 0.165 e. The van der Waals surface area contributed by atoms with Crippen LogP contribution in [0.25, 0.3) is 0 Å². The summed E-state index contributed by atoms with van der Waals surface area (Å²) in [6.45, 7) is 4.21. The van der Waals surface area contributed by atoms with Gasteiger partial charge in [-0.05, 0) is 26.0 Å². The van der Waals surface area contributed by atoms with Crippen molar-refractivity contribution in [3.8, 4) is 5.75 Å². The number of para-hydroxylation sites is 1. The molecule has 0 N–H and O–H groups in total. The Labute approximate surface area is 99.1 Å². The highest BCUT2D eigenvalue weighted by atomic mass is 19.1. The van der Waals surface area contributed by atoms with Crippen molar-refractivity contribution in [2.75, 3.05) is 0 Å². The van der Waals surface area contributed by atoms with Crippen LogP contribution in [0.5, 0.6) is 5.75 Å². The summed E-state index contributed by atoms with van der Waals surface area (Å²) in [7, 11) is 0. The first-order valence-electron chi connectivity index (χ1n) is 5.44. The number of hydrogen-bond donors (Lipinski definition) is 0. The van der Waals surface area contributed by atoms with Gasteiger partial charge < -0.3 is 4.74 Å². The molecule has 5 heteroatoms. The third-order valence-corrected chi connectivity index (χ3v) is 2.33. The molecule has 0 radical (unpaired) electrons. The molecule has 0 saturated heterocycles. The summed E-state index contributed by atoms with van der Waals surface area (Å²) in [5, 5.41) is 4.08. The molecule has 1 heterocycles. The Bertz CT molecular complexity index is 496. The van der Waals surface area contributed by atoms with Crippen molar-refractivity contribution in [2.24, 2.45) is 0 Å². The molecule has 0 aliphatic heterocycles. The van der Waals surface area contributed by atoms with Crippen LogP contribution in [0.3, 0.4) is 0 Å². The Balaban J connectivity index is 2.08. The standard InChI is InChI=1S/C12H14FN3O/c1-9(2)16-12(14-8-15-16)7-17-11-6-4-3-5-10(11)13/h3-6,8-9H,7H2,1-2H3. The van der Waals surface area contributed by atoms with Crippen molar-refractivity contribution < 1.29 is 9.13 Å². The van der Waals surface area contributed by atoms with Crippen LogP contribution in [-0.2, 0) is 6.61 Å². The van der Waals surface area contributed by atoms with Gasteiger partial charge in [-0.15, -0.1) is 0 Å². The maximum Gasteiger partial charge on any atom is 0.165 e. The summed E-state index contributed by atoms with van der Waals surface area (Å²) in [6, 6.07) is 6.51. The van der Waals surface area contributed by atoms with Crippen LogP contribution in [0.2, 0.25) is 0 Å². The molecule has 0 bridgehead atoms. The average molecular weight is 235 g/mol. The van der Waals surface area contributed by atoms with Crippen LogP contribution in [0.15, 0.2) is 30.6 Å². The van der Waals surface area contributed by atoms with Gasteiger partial charge in [-0.3, -0.25) is 0 Å². The van der Waals surface area contributed by atoms with Gasteiger partial charge in [-0.25, -0.2) is 14.1 Å². The van der Waals surface area contributed by atoms with E-state index in [0.717, 1.165) is 0 Å². The predicted octanol–water partition coefficient (Wildman–Crippen LogP) is 2.58. The van der Waals surface area contributed by atoms with E-state index in [1.54, 1.807) is 22.9 Å². The minimum absolute atomic E-state index is 0.205. The van der Waals surface area contributed by atoms with Crippen LogP contribution in [0, 0.1) is 5.82 Å². The van der Waals surface area contributed by atoms with Gasteiger partial charge in [0.2, 0.25) is 0 Å². The minimum Gasteiger partial charge on any atom is -0.483 e. The highest BCUT2D eigenvalue weighted by molar-refractivity contribution is 5.23. The van der Waals surface area contributed by atoms with Crippen LogP contribution in [-0.4, -0.2) is 14.8 Å². The molecule has 1 aromatic carbocycles. The highest BCUT2D eigenvalue weighted by Gasteiger charge is 2.09. The quantitative estimate of drug-likeness (QED) is 0.817. The second-order valence-electron chi connectivity index (χ2n) is 3.93. The molecule has 2 aromatic rings. The van der Waals surface area contributed by atoms with E-state index in [2.05, 4.69) is 10.1 Å². The van der Waals surface area contributed by atoms with Crippen molar-refractivity contribution in [2.45, 2.75) is 26.5 Å². The van der Waals surface area contributed by atoms with Gasteiger partial charge in [0.15, 0.2) is 17.4 Å². The number of ether oxygens (including phenoxy) is 1. The Morgan fingerprint density at radius 1 is 1.35 bits per heavy atom. The van der Waals surface area contributed by atoms with Gasteiger partial charge in [-0.2, -0.15) is 5.10 Å². The third-order valence-electron chi connectivity index (χ3n) is 2.33. The lowest BCUT2D eigenvalue weighted by atomic mass is 10.3. The SMILES string of the molecule is CC(C)n1ncnc1COc1ccccc1F. The molecular weight excluding hydrogens is 221 g/mol.